The minimum absolute atomic E-state index is 0.458. The van der Waals surface area contributed by atoms with E-state index in [1.165, 1.54) is 0 Å². The summed E-state index contributed by atoms with van der Waals surface area (Å²) in [6.45, 7) is 1.87. The van der Waals surface area contributed by atoms with Crippen LogP contribution in [-0.4, -0.2) is 26.0 Å². The van der Waals surface area contributed by atoms with Gasteiger partial charge in [-0.1, -0.05) is 41.4 Å². The lowest BCUT2D eigenvalue weighted by Gasteiger charge is -2.03. The molecule has 2 N–H and O–H groups in total. The zero-order chi connectivity index (χ0) is 18.1. The van der Waals surface area contributed by atoms with Crippen molar-refractivity contribution in [1.29, 1.82) is 0 Å². The number of hydrazone groups is 1. The van der Waals surface area contributed by atoms with Crippen LogP contribution in [0.25, 0.3) is 16.7 Å². The summed E-state index contributed by atoms with van der Waals surface area (Å²) in [6.07, 6.45) is 1.62. The van der Waals surface area contributed by atoms with Crippen molar-refractivity contribution < 1.29 is 0 Å². The summed E-state index contributed by atoms with van der Waals surface area (Å²) in [5, 5.41) is 9.76. The van der Waals surface area contributed by atoms with Crippen LogP contribution in [0, 0.1) is 6.92 Å². The minimum Gasteiger partial charge on any atom is -0.323 e. The van der Waals surface area contributed by atoms with Gasteiger partial charge in [0.15, 0.2) is 0 Å². The van der Waals surface area contributed by atoms with Crippen LogP contribution >= 0.6 is 23.2 Å². The highest BCUT2D eigenvalue weighted by atomic mass is 35.5. The van der Waals surface area contributed by atoms with Gasteiger partial charge in [0.25, 0.3) is 0 Å². The van der Waals surface area contributed by atoms with Gasteiger partial charge >= 0.3 is 0 Å². The number of hydrogen-bond acceptors (Lipinski definition) is 4. The highest BCUT2D eigenvalue weighted by molar-refractivity contribution is 6.32. The SMILES string of the molecule is Cc1nn(-c2cccc(Cl)c2)c(Cl)c1/C=N\Nc1nc2ccccc2[nH]1. The van der Waals surface area contributed by atoms with Gasteiger partial charge in [0, 0.05) is 5.02 Å². The molecule has 0 spiro atoms. The lowest BCUT2D eigenvalue weighted by atomic mass is 10.3. The number of anilines is 1. The Balaban J connectivity index is 1.59. The Labute approximate surface area is 159 Å². The summed E-state index contributed by atoms with van der Waals surface area (Å²) in [6, 6.07) is 15.1. The number of halogens is 2. The monoisotopic (exact) mass is 384 g/mol. The predicted octanol–water partition coefficient (Wildman–Crippen LogP) is 4.81. The van der Waals surface area contributed by atoms with Crippen LogP contribution in [0.15, 0.2) is 53.6 Å². The van der Waals surface area contributed by atoms with Crippen molar-refractivity contribution in [1.82, 2.24) is 19.7 Å². The Kier molecular flexibility index (Phi) is 4.36. The molecule has 0 amide bonds. The first-order valence-electron chi connectivity index (χ1n) is 7.87. The van der Waals surface area contributed by atoms with Gasteiger partial charge in [-0.25, -0.2) is 15.1 Å². The molecule has 2 aromatic heterocycles. The lowest BCUT2D eigenvalue weighted by Crippen LogP contribution is -1.96. The Hall–Kier alpha value is -2.83. The van der Waals surface area contributed by atoms with Gasteiger partial charge in [0.1, 0.15) is 5.15 Å². The Morgan fingerprint density at radius 2 is 2.00 bits per heavy atom. The van der Waals surface area contributed by atoms with Crippen molar-refractivity contribution >= 4 is 46.4 Å². The predicted molar refractivity (Wildman–Crippen MR) is 106 cm³/mol. The zero-order valence-electron chi connectivity index (χ0n) is 13.7. The van der Waals surface area contributed by atoms with E-state index in [0.717, 1.165) is 28.0 Å². The smallest absolute Gasteiger partial charge is 0.222 e. The first-order chi connectivity index (χ1) is 12.6. The van der Waals surface area contributed by atoms with E-state index in [-0.39, 0.29) is 0 Å². The second-order valence-corrected chi connectivity index (χ2v) is 6.45. The standard InChI is InChI=1S/C18H14Cl2N6/c1-11-14(17(20)26(25-11)13-6-4-5-12(19)9-13)10-21-24-18-22-15-7-2-3-8-16(15)23-18/h2-10H,1H3,(H2,22,23,24)/b21-10-. The quantitative estimate of drug-likeness (QED) is 0.391. The third-order valence-electron chi connectivity index (χ3n) is 3.85. The number of nitrogens with zero attached hydrogens (tertiary/aromatic N) is 4. The number of aromatic nitrogens is 4. The normalized spacial score (nSPS) is 11.5. The Bertz CT molecular complexity index is 1080. The second-order valence-electron chi connectivity index (χ2n) is 5.65. The number of aromatic amines is 1. The molecule has 0 saturated carbocycles. The number of aryl methyl sites for hydroxylation is 1. The average Bonchev–Trinajstić information content (AvgIpc) is 3.17. The fourth-order valence-corrected chi connectivity index (χ4v) is 3.11. The van der Waals surface area contributed by atoms with E-state index in [2.05, 4.69) is 25.6 Å². The van der Waals surface area contributed by atoms with Crippen molar-refractivity contribution in [2.75, 3.05) is 5.43 Å². The van der Waals surface area contributed by atoms with E-state index in [9.17, 15) is 0 Å². The molecule has 0 radical (unpaired) electrons. The van der Waals surface area contributed by atoms with Crippen molar-refractivity contribution in [2.45, 2.75) is 6.92 Å². The molecule has 0 fully saturated rings. The molecule has 0 aliphatic rings. The number of H-pyrrole nitrogens is 1. The van der Waals surface area contributed by atoms with Crippen LogP contribution in [0.2, 0.25) is 10.2 Å². The number of imidazole rings is 1. The molecule has 0 unspecified atom stereocenters. The minimum atomic E-state index is 0.458. The lowest BCUT2D eigenvalue weighted by molar-refractivity contribution is 0.863. The van der Waals surface area contributed by atoms with Crippen molar-refractivity contribution in [3.63, 3.8) is 0 Å². The molecule has 0 aliphatic heterocycles. The van der Waals surface area contributed by atoms with E-state index < -0.39 is 0 Å². The van der Waals surface area contributed by atoms with E-state index in [0.29, 0.717) is 16.1 Å². The topological polar surface area (TPSA) is 70.9 Å². The van der Waals surface area contributed by atoms with Gasteiger partial charge in [-0.2, -0.15) is 10.2 Å². The first kappa shape index (κ1) is 16.6. The van der Waals surface area contributed by atoms with E-state index in [4.69, 9.17) is 23.2 Å². The van der Waals surface area contributed by atoms with Gasteiger partial charge in [-0.15, -0.1) is 0 Å². The molecule has 8 heteroatoms. The maximum absolute atomic E-state index is 6.48. The van der Waals surface area contributed by atoms with Crippen LogP contribution in [0.5, 0.6) is 0 Å². The van der Waals surface area contributed by atoms with Crippen LogP contribution in [0.3, 0.4) is 0 Å². The van der Waals surface area contributed by atoms with Crippen LogP contribution < -0.4 is 5.43 Å². The summed E-state index contributed by atoms with van der Waals surface area (Å²) >= 11 is 12.5. The number of benzene rings is 2. The molecule has 6 nitrogen and oxygen atoms in total. The number of nitrogens with one attached hydrogen (secondary N) is 2. The molecule has 0 bridgehead atoms. The molecular weight excluding hydrogens is 371 g/mol. The molecular formula is C18H14Cl2N6. The number of rotatable bonds is 4. The summed E-state index contributed by atoms with van der Waals surface area (Å²) in [7, 11) is 0. The number of fused-ring (bicyclic) bond motifs is 1. The summed E-state index contributed by atoms with van der Waals surface area (Å²) < 4.78 is 1.63. The van der Waals surface area contributed by atoms with Crippen molar-refractivity contribution in [2.24, 2.45) is 5.10 Å². The largest absolute Gasteiger partial charge is 0.323 e. The first-order valence-corrected chi connectivity index (χ1v) is 8.62. The summed E-state index contributed by atoms with van der Waals surface area (Å²) in [4.78, 5) is 7.55. The zero-order valence-corrected chi connectivity index (χ0v) is 15.3. The van der Waals surface area contributed by atoms with E-state index in [1.54, 1.807) is 23.0 Å². The van der Waals surface area contributed by atoms with Crippen molar-refractivity contribution in [3.05, 3.63) is 70.0 Å². The molecule has 0 saturated heterocycles. The molecule has 2 heterocycles. The molecule has 4 aromatic rings. The molecule has 0 atom stereocenters. The third-order valence-corrected chi connectivity index (χ3v) is 4.45. The number of para-hydroxylation sites is 2. The maximum atomic E-state index is 6.48. The molecule has 4 rings (SSSR count). The van der Waals surface area contributed by atoms with Gasteiger partial charge in [0.2, 0.25) is 5.95 Å². The molecule has 26 heavy (non-hydrogen) atoms. The van der Waals surface area contributed by atoms with Crippen LogP contribution in [0.4, 0.5) is 5.95 Å². The molecule has 2 aromatic carbocycles. The van der Waals surface area contributed by atoms with E-state index in [1.807, 2.05) is 43.3 Å². The Morgan fingerprint density at radius 3 is 2.81 bits per heavy atom. The summed E-state index contributed by atoms with van der Waals surface area (Å²) in [5.74, 6) is 0.554. The fourth-order valence-electron chi connectivity index (χ4n) is 2.60. The highest BCUT2D eigenvalue weighted by Crippen LogP contribution is 2.24. The third kappa shape index (κ3) is 3.16. The average molecular weight is 385 g/mol. The van der Waals surface area contributed by atoms with Gasteiger partial charge in [0.05, 0.1) is 34.2 Å². The van der Waals surface area contributed by atoms with Crippen LogP contribution in [0.1, 0.15) is 11.3 Å². The van der Waals surface area contributed by atoms with Gasteiger partial charge < -0.3 is 4.98 Å². The van der Waals surface area contributed by atoms with Crippen molar-refractivity contribution in [3.8, 4) is 5.69 Å². The maximum Gasteiger partial charge on any atom is 0.222 e. The fraction of sp³-hybridized carbons (Fsp3) is 0.0556. The summed E-state index contributed by atoms with van der Waals surface area (Å²) in [5.41, 5.74) is 6.95. The van der Waals surface area contributed by atoms with Gasteiger partial charge in [-0.05, 0) is 37.3 Å². The van der Waals surface area contributed by atoms with Gasteiger partial charge in [-0.3, -0.25) is 0 Å². The Morgan fingerprint density at radius 1 is 1.15 bits per heavy atom. The second kappa shape index (κ2) is 6.82. The van der Waals surface area contributed by atoms with E-state index >= 15 is 0 Å². The highest BCUT2D eigenvalue weighted by Gasteiger charge is 2.13. The molecule has 130 valence electrons. The number of hydrogen-bond donors (Lipinski definition) is 2. The van der Waals surface area contributed by atoms with Crippen LogP contribution in [-0.2, 0) is 0 Å². The molecule has 0 aliphatic carbocycles.